The smallest absolute Gasteiger partial charge is 0.288 e. The van der Waals surface area contributed by atoms with Crippen LogP contribution in [0.4, 0.5) is 17.2 Å². The number of nitrogens with two attached hydrogens (primary N) is 1. The number of nitrogen functional groups attached to an aromatic ring is 1. The first-order valence-corrected chi connectivity index (χ1v) is 6.31. The van der Waals surface area contributed by atoms with Gasteiger partial charge in [0.1, 0.15) is 12.0 Å². The Hall–Kier alpha value is -2.38. The molecule has 0 aliphatic carbocycles. The number of hydrogen-bond donors (Lipinski definition) is 2. The Morgan fingerprint density at radius 1 is 1.38 bits per heavy atom. The maximum Gasteiger partial charge on any atom is 0.288 e. The summed E-state index contributed by atoms with van der Waals surface area (Å²) in [6.07, 6.45) is 0.971. The third kappa shape index (κ3) is 3.21. The van der Waals surface area contributed by atoms with Gasteiger partial charge in [-0.15, -0.1) is 0 Å². The van der Waals surface area contributed by atoms with Crippen LogP contribution in [0.5, 0.6) is 0 Å². The molecule has 0 unspecified atom stereocenters. The quantitative estimate of drug-likeness (QED) is 0.664. The molecule has 0 bridgehead atoms. The number of rotatable bonds is 3. The molecule has 108 valence electrons. The van der Waals surface area contributed by atoms with Crippen molar-refractivity contribution in [2.24, 2.45) is 0 Å². The summed E-state index contributed by atoms with van der Waals surface area (Å²) in [5.74, 6) is -0.802. The zero-order valence-corrected chi connectivity index (χ0v) is 11.9. The molecule has 7 nitrogen and oxygen atoms in total. The van der Waals surface area contributed by atoms with Crippen LogP contribution in [-0.4, -0.2) is 15.8 Å². The van der Waals surface area contributed by atoms with Crippen molar-refractivity contribution >= 4 is 46.3 Å². The fourth-order valence-corrected chi connectivity index (χ4v) is 1.88. The minimum absolute atomic E-state index is 0.125. The van der Waals surface area contributed by atoms with Crippen LogP contribution in [0.25, 0.3) is 0 Å². The first kappa shape index (κ1) is 15.0. The predicted octanol–water partition coefficient (Wildman–Crippen LogP) is 3.13. The van der Waals surface area contributed by atoms with E-state index < -0.39 is 10.8 Å². The highest BCUT2D eigenvalue weighted by atomic mass is 35.5. The second-order valence-corrected chi connectivity index (χ2v) is 4.72. The summed E-state index contributed by atoms with van der Waals surface area (Å²) in [7, 11) is 0. The molecule has 0 aliphatic heterocycles. The number of hydrogen-bond acceptors (Lipinski definition) is 5. The van der Waals surface area contributed by atoms with Gasteiger partial charge in [0.15, 0.2) is 0 Å². The van der Waals surface area contributed by atoms with Gasteiger partial charge in [-0.3, -0.25) is 14.9 Å². The van der Waals surface area contributed by atoms with Gasteiger partial charge in [-0.05, 0) is 12.1 Å². The molecule has 21 heavy (non-hydrogen) atoms. The molecule has 2 rings (SSSR count). The van der Waals surface area contributed by atoms with Crippen molar-refractivity contribution in [3.63, 3.8) is 0 Å². The Labute approximate surface area is 128 Å². The number of aromatic nitrogens is 1. The van der Waals surface area contributed by atoms with Gasteiger partial charge < -0.3 is 11.1 Å². The van der Waals surface area contributed by atoms with Gasteiger partial charge in [-0.2, -0.15) is 0 Å². The number of pyridine rings is 1. The molecule has 0 radical (unpaired) electrons. The van der Waals surface area contributed by atoms with E-state index in [0.717, 1.165) is 12.3 Å². The van der Waals surface area contributed by atoms with E-state index in [1.807, 2.05) is 0 Å². The molecule has 1 aromatic carbocycles. The third-order valence-corrected chi connectivity index (χ3v) is 3.38. The summed E-state index contributed by atoms with van der Waals surface area (Å²) < 4.78 is 0. The Morgan fingerprint density at radius 2 is 2.10 bits per heavy atom. The van der Waals surface area contributed by atoms with Crippen LogP contribution in [0.1, 0.15) is 10.4 Å². The standard InChI is InChI=1S/C12H8Cl2N4O3/c13-8-2-1-3-9(10(8)14)17-12(19)7-4-6(18(20)21)5-16-11(7)15/h1-5H,(H2,15,16)(H,17,19). The van der Waals surface area contributed by atoms with E-state index in [0.29, 0.717) is 0 Å². The summed E-state index contributed by atoms with van der Waals surface area (Å²) in [5.41, 5.74) is 5.36. The van der Waals surface area contributed by atoms with E-state index >= 15 is 0 Å². The van der Waals surface area contributed by atoms with Crippen molar-refractivity contribution in [1.82, 2.24) is 4.98 Å². The molecule has 0 spiro atoms. The van der Waals surface area contributed by atoms with Crippen LogP contribution >= 0.6 is 23.2 Å². The molecule has 0 aliphatic rings. The average Bonchev–Trinajstić information content (AvgIpc) is 2.44. The van der Waals surface area contributed by atoms with Crippen LogP contribution in [0.2, 0.25) is 10.0 Å². The summed E-state index contributed by atoms with van der Waals surface area (Å²) in [4.78, 5) is 25.8. The average molecular weight is 327 g/mol. The maximum atomic E-state index is 12.1. The van der Waals surface area contributed by atoms with E-state index in [9.17, 15) is 14.9 Å². The lowest BCUT2D eigenvalue weighted by Crippen LogP contribution is -2.15. The van der Waals surface area contributed by atoms with Gasteiger partial charge in [0, 0.05) is 6.07 Å². The van der Waals surface area contributed by atoms with Crippen molar-refractivity contribution in [2.75, 3.05) is 11.1 Å². The fraction of sp³-hybridized carbons (Fsp3) is 0. The van der Waals surface area contributed by atoms with Crippen molar-refractivity contribution in [1.29, 1.82) is 0 Å². The van der Waals surface area contributed by atoms with Crippen LogP contribution in [0.3, 0.4) is 0 Å². The van der Waals surface area contributed by atoms with E-state index in [-0.39, 0.29) is 32.8 Å². The zero-order valence-electron chi connectivity index (χ0n) is 10.3. The second-order valence-electron chi connectivity index (χ2n) is 3.94. The second kappa shape index (κ2) is 5.94. The van der Waals surface area contributed by atoms with Gasteiger partial charge in [-0.25, -0.2) is 4.98 Å². The SMILES string of the molecule is Nc1ncc([N+](=O)[O-])cc1C(=O)Nc1cccc(Cl)c1Cl. The number of nitrogens with one attached hydrogen (secondary N) is 1. The van der Waals surface area contributed by atoms with E-state index in [4.69, 9.17) is 28.9 Å². The highest BCUT2D eigenvalue weighted by Crippen LogP contribution is 2.30. The first-order chi connectivity index (χ1) is 9.90. The number of benzene rings is 1. The topological polar surface area (TPSA) is 111 Å². The lowest BCUT2D eigenvalue weighted by molar-refractivity contribution is -0.385. The molecule has 2 aromatic rings. The van der Waals surface area contributed by atoms with Gasteiger partial charge in [0.25, 0.3) is 11.6 Å². The number of halogens is 2. The fourth-order valence-electron chi connectivity index (χ4n) is 1.54. The highest BCUT2D eigenvalue weighted by molar-refractivity contribution is 6.44. The molecule has 0 fully saturated rings. The van der Waals surface area contributed by atoms with Crippen molar-refractivity contribution < 1.29 is 9.72 Å². The summed E-state index contributed by atoms with van der Waals surface area (Å²) >= 11 is 11.8. The minimum Gasteiger partial charge on any atom is -0.383 e. The third-order valence-electron chi connectivity index (χ3n) is 2.56. The summed E-state index contributed by atoms with van der Waals surface area (Å²) in [6.45, 7) is 0. The Bertz CT molecular complexity index is 736. The van der Waals surface area contributed by atoms with E-state index in [2.05, 4.69) is 10.3 Å². The maximum absolute atomic E-state index is 12.1. The number of anilines is 2. The highest BCUT2D eigenvalue weighted by Gasteiger charge is 2.18. The summed E-state index contributed by atoms with van der Waals surface area (Å²) in [5, 5.41) is 13.6. The molecular formula is C12H8Cl2N4O3. The zero-order chi connectivity index (χ0) is 15.6. The van der Waals surface area contributed by atoms with Gasteiger partial charge in [0.05, 0.1) is 26.2 Å². The van der Waals surface area contributed by atoms with Crippen LogP contribution < -0.4 is 11.1 Å². The number of amides is 1. The van der Waals surface area contributed by atoms with E-state index in [1.54, 1.807) is 12.1 Å². The van der Waals surface area contributed by atoms with Crippen molar-refractivity contribution in [3.05, 3.63) is 56.2 Å². The Balaban J connectivity index is 2.34. The van der Waals surface area contributed by atoms with Crippen LogP contribution in [-0.2, 0) is 0 Å². The number of carbonyl (C=O) groups is 1. The summed E-state index contributed by atoms with van der Waals surface area (Å²) in [6, 6.07) is 5.73. The molecule has 3 N–H and O–H groups in total. The molecular weight excluding hydrogens is 319 g/mol. The molecule has 9 heteroatoms. The molecule has 0 atom stereocenters. The number of nitrogens with zero attached hydrogens (tertiary/aromatic N) is 2. The number of nitro groups is 1. The molecule has 0 saturated carbocycles. The lowest BCUT2D eigenvalue weighted by Gasteiger charge is -2.09. The molecule has 0 saturated heterocycles. The Kier molecular flexibility index (Phi) is 4.25. The predicted molar refractivity (Wildman–Crippen MR) is 79.7 cm³/mol. The first-order valence-electron chi connectivity index (χ1n) is 5.55. The molecule has 1 heterocycles. The normalized spacial score (nSPS) is 10.2. The van der Waals surface area contributed by atoms with Crippen LogP contribution in [0.15, 0.2) is 30.5 Å². The van der Waals surface area contributed by atoms with E-state index in [1.165, 1.54) is 6.07 Å². The molecule has 1 aromatic heterocycles. The van der Waals surface area contributed by atoms with Gasteiger partial charge in [0.2, 0.25) is 0 Å². The van der Waals surface area contributed by atoms with Gasteiger partial charge in [-0.1, -0.05) is 29.3 Å². The largest absolute Gasteiger partial charge is 0.383 e. The van der Waals surface area contributed by atoms with Gasteiger partial charge >= 0.3 is 0 Å². The monoisotopic (exact) mass is 326 g/mol. The minimum atomic E-state index is -0.673. The Morgan fingerprint density at radius 3 is 2.76 bits per heavy atom. The number of carbonyl (C=O) groups excluding carboxylic acids is 1. The van der Waals surface area contributed by atoms with Crippen molar-refractivity contribution in [3.8, 4) is 0 Å². The lowest BCUT2D eigenvalue weighted by atomic mass is 10.2. The van der Waals surface area contributed by atoms with Crippen molar-refractivity contribution in [2.45, 2.75) is 0 Å². The molecule has 1 amide bonds. The van der Waals surface area contributed by atoms with Crippen LogP contribution in [0, 0.1) is 10.1 Å².